The van der Waals surface area contributed by atoms with E-state index in [2.05, 4.69) is 5.32 Å². The minimum Gasteiger partial charge on any atom is -0.507 e. The standard InChI is InChI=1S/C17H19NO4/c19-15(12-7-4-10-18-12)14-16(20)13(22-17(14)21)9-8-11-5-2-1-3-6-11/h1-3,5-6,12-13,18,20H,4,7-10H2/t12?,13-/m0/s1. The highest BCUT2D eigenvalue weighted by atomic mass is 16.6. The maximum Gasteiger partial charge on any atom is 0.346 e. The first kappa shape index (κ1) is 14.8. The monoisotopic (exact) mass is 301 g/mol. The molecular weight excluding hydrogens is 282 g/mol. The summed E-state index contributed by atoms with van der Waals surface area (Å²) in [6, 6.07) is 9.39. The number of cyclic esters (lactones) is 1. The molecule has 22 heavy (non-hydrogen) atoms. The fourth-order valence-corrected chi connectivity index (χ4v) is 2.96. The van der Waals surface area contributed by atoms with Crippen LogP contribution in [0.15, 0.2) is 41.7 Å². The van der Waals surface area contributed by atoms with Crippen LogP contribution in [-0.2, 0) is 20.7 Å². The highest BCUT2D eigenvalue weighted by molar-refractivity contribution is 6.20. The molecule has 0 aliphatic carbocycles. The number of Topliss-reactive ketones (excluding diaryl/α,β-unsaturated/α-hetero) is 1. The number of aryl methyl sites for hydroxylation is 1. The van der Waals surface area contributed by atoms with Gasteiger partial charge in [-0.25, -0.2) is 4.79 Å². The molecule has 1 unspecified atom stereocenters. The number of ketones is 1. The van der Waals surface area contributed by atoms with Gasteiger partial charge in [-0.2, -0.15) is 0 Å². The average molecular weight is 301 g/mol. The number of rotatable bonds is 5. The van der Waals surface area contributed by atoms with Crippen molar-refractivity contribution in [1.82, 2.24) is 5.32 Å². The number of carbonyl (C=O) groups is 2. The maximum atomic E-state index is 12.3. The Balaban J connectivity index is 1.69. The van der Waals surface area contributed by atoms with Crippen LogP contribution in [0.25, 0.3) is 0 Å². The second-order valence-electron chi connectivity index (χ2n) is 5.69. The number of aliphatic hydroxyl groups excluding tert-OH is 1. The lowest BCUT2D eigenvalue weighted by Gasteiger charge is -2.09. The van der Waals surface area contributed by atoms with Gasteiger partial charge in [0.25, 0.3) is 0 Å². The first-order valence-electron chi connectivity index (χ1n) is 7.62. The molecule has 0 saturated carbocycles. The molecule has 0 spiro atoms. The van der Waals surface area contributed by atoms with E-state index in [0.29, 0.717) is 19.3 Å². The van der Waals surface area contributed by atoms with Gasteiger partial charge >= 0.3 is 5.97 Å². The number of hydrogen-bond donors (Lipinski definition) is 2. The van der Waals surface area contributed by atoms with E-state index in [-0.39, 0.29) is 23.2 Å². The summed E-state index contributed by atoms with van der Waals surface area (Å²) in [5.74, 6) is -1.25. The van der Waals surface area contributed by atoms with Crippen molar-refractivity contribution in [2.45, 2.75) is 37.8 Å². The molecule has 2 heterocycles. The fourth-order valence-electron chi connectivity index (χ4n) is 2.96. The zero-order chi connectivity index (χ0) is 15.5. The van der Waals surface area contributed by atoms with Crippen LogP contribution in [0.5, 0.6) is 0 Å². The molecule has 2 atom stereocenters. The molecule has 5 heteroatoms. The minimum absolute atomic E-state index is 0.169. The van der Waals surface area contributed by atoms with Gasteiger partial charge in [-0.1, -0.05) is 30.3 Å². The van der Waals surface area contributed by atoms with Gasteiger partial charge in [-0.05, 0) is 37.8 Å². The summed E-state index contributed by atoms with van der Waals surface area (Å²) in [5, 5.41) is 13.3. The number of nitrogens with one attached hydrogen (secondary N) is 1. The Bertz CT molecular complexity index is 602. The van der Waals surface area contributed by atoms with E-state index in [1.54, 1.807) is 0 Å². The van der Waals surface area contributed by atoms with E-state index in [1.165, 1.54) is 0 Å². The molecule has 0 amide bonds. The van der Waals surface area contributed by atoms with Crippen molar-refractivity contribution in [1.29, 1.82) is 0 Å². The number of benzene rings is 1. The lowest BCUT2D eigenvalue weighted by Crippen LogP contribution is -2.33. The van der Waals surface area contributed by atoms with Crippen molar-refractivity contribution in [3.8, 4) is 0 Å². The third kappa shape index (κ3) is 2.90. The Morgan fingerprint density at radius 2 is 2.09 bits per heavy atom. The number of carbonyl (C=O) groups excluding carboxylic acids is 2. The van der Waals surface area contributed by atoms with Crippen molar-refractivity contribution in [3.63, 3.8) is 0 Å². The molecule has 3 rings (SSSR count). The summed E-state index contributed by atoms with van der Waals surface area (Å²) in [7, 11) is 0. The molecule has 1 saturated heterocycles. The molecule has 1 fully saturated rings. The van der Waals surface area contributed by atoms with Crippen LogP contribution < -0.4 is 5.32 Å². The molecular formula is C17H19NO4. The van der Waals surface area contributed by atoms with Crippen molar-refractivity contribution >= 4 is 11.8 Å². The van der Waals surface area contributed by atoms with Crippen LogP contribution in [0.1, 0.15) is 24.8 Å². The Hall–Kier alpha value is -2.14. The van der Waals surface area contributed by atoms with E-state index in [0.717, 1.165) is 18.5 Å². The van der Waals surface area contributed by atoms with Crippen molar-refractivity contribution < 1.29 is 19.4 Å². The van der Waals surface area contributed by atoms with Crippen LogP contribution in [0.4, 0.5) is 0 Å². The van der Waals surface area contributed by atoms with Gasteiger partial charge in [0.2, 0.25) is 0 Å². The molecule has 1 aromatic carbocycles. The van der Waals surface area contributed by atoms with Gasteiger partial charge in [0.05, 0.1) is 6.04 Å². The molecule has 2 aliphatic rings. The van der Waals surface area contributed by atoms with E-state index >= 15 is 0 Å². The second-order valence-corrected chi connectivity index (χ2v) is 5.69. The van der Waals surface area contributed by atoms with Gasteiger partial charge in [0.1, 0.15) is 5.57 Å². The summed E-state index contributed by atoms with van der Waals surface area (Å²) in [4.78, 5) is 24.2. The molecule has 1 aromatic rings. The zero-order valence-electron chi connectivity index (χ0n) is 12.2. The molecule has 0 bridgehead atoms. The van der Waals surface area contributed by atoms with Crippen molar-refractivity contribution in [3.05, 3.63) is 47.2 Å². The van der Waals surface area contributed by atoms with E-state index < -0.39 is 12.1 Å². The average Bonchev–Trinajstić information content (AvgIpc) is 3.15. The van der Waals surface area contributed by atoms with Gasteiger partial charge in [-0.15, -0.1) is 0 Å². The predicted molar refractivity (Wildman–Crippen MR) is 80.3 cm³/mol. The first-order valence-corrected chi connectivity index (χ1v) is 7.62. The van der Waals surface area contributed by atoms with E-state index in [1.807, 2.05) is 30.3 Å². The Morgan fingerprint density at radius 3 is 2.77 bits per heavy atom. The summed E-state index contributed by atoms with van der Waals surface area (Å²) < 4.78 is 5.18. The maximum absolute atomic E-state index is 12.3. The highest BCUT2D eigenvalue weighted by Gasteiger charge is 2.40. The summed E-state index contributed by atoms with van der Waals surface area (Å²) in [5.41, 5.74) is 0.932. The van der Waals surface area contributed by atoms with Crippen molar-refractivity contribution in [2.75, 3.05) is 6.54 Å². The summed E-state index contributed by atoms with van der Waals surface area (Å²) in [6.07, 6.45) is 2.02. The lowest BCUT2D eigenvalue weighted by molar-refractivity contribution is -0.141. The molecule has 2 aliphatic heterocycles. The second kappa shape index (κ2) is 6.32. The Morgan fingerprint density at radius 1 is 1.32 bits per heavy atom. The van der Waals surface area contributed by atoms with Gasteiger partial charge in [0, 0.05) is 0 Å². The first-order chi connectivity index (χ1) is 10.7. The molecule has 116 valence electrons. The highest BCUT2D eigenvalue weighted by Crippen LogP contribution is 2.27. The fraction of sp³-hybridized carbons (Fsp3) is 0.412. The van der Waals surface area contributed by atoms with Gasteiger partial charge < -0.3 is 15.2 Å². The Labute approximate surface area is 129 Å². The predicted octanol–water partition coefficient (Wildman–Crippen LogP) is 1.68. The van der Waals surface area contributed by atoms with E-state index in [4.69, 9.17) is 4.74 Å². The summed E-state index contributed by atoms with van der Waals surface area (Å²) in [6.45, 7) is 0.761. The quantitative estimate of drug-likeness (QED) is 0.639. The van der Waals surface area contributed by atoms with Crippen LogP contribution in [0, 0.1) is 0 Å². The number of hydrogen-bond acceptors (Lipinski definition) is 5. The van der Waals surface area contributed by atoms with Crippen LogP contribution in [0.3, 0.4) is 0 Å². The van der Waals surface area contributed by atoms with Crippen LogP contribution >= 0.6 is 0 Å². The summed E-state index contributed by atoms with van der Waals surface area (Å²) >= 11 is 0. The number of esters is 1. The number of ether oxygens (including phenoxy) is 1. The normalized spacial score (nSPS) is 24.6. The minimum atomic E-state index is -0.715. The largest absolute Gasteiger partial charge is 0.507 e. The zero-order valence-corrected chi connectivity index (χ0v) is 12.2. The molecule has 0 aromatic heterocycles. The van der Waals surface area contributed by atoms with E-state index in [9.17, 15) is 14.7 Å². The third-order valence-corrected chi connectivity index (χ3v) is 4.18. The molecule has 5 nitrogen and oxygen atoms in total. The molecule has 0 radical (unpaired) electrons. The van der Waals surface area contributed by atoms with Gasteiger partial charge in [-0.3, -0.25) is 4.79 Å². The molecule has 2 N–H and O–H groups in total. The topological polar surface area (TPSA) is 75.6 Å². The third-order valence-electron chi connectivity index (χ3n) is 4.18. The SMILES string of the molecule is O=C1O[C@@H](CCc2ccccc2)C(O)=C1C(=O)C1CCCN1. The Kier molecular flexibility index (Phi) is 4.24. The van der Waals surface area contributed by atoms with Gasteiger partial charge in [0.15, 0.2) is 17.6 Å². The smallest absolute Gasteiger partial charge is 0.346 e. The lowest BCUT2D eigenvalue weighted by atomic mass is 10.00. The van der Waals surface area contributed by atoms with Crippen LogP contribution in [0.2, 0.25) is 0 Å². The number of aliphatic hydroxyl groups is 1. The van der Waals surface area contributed by atoms with Crippen LogP contribution in [-0.4, -0.2) is 35.5 Å². The van der Waals surface area contributed by atoms with Crippen molar-refractivity contribution in [2.24, 2.45) is 0 Å².